The average Bonchev–Trinajstić information content (AvgIpc) is 2.54. The summed E-state index contributed by atoms with van der Waals surface area (Å²) in [6.45, 7) is 2.12. The fourth-order valence-corrected chi connectivity index (χ4v) is 2.50. The second-order valence-electron chi connectivity index (χ2n) is 5.24. The molecular weight excluding hydrogens is 276 g/mol. The van der Waals surface area contributed by atoms with E-state index in [9.17, 15) is 4.79 Å². The first-order chi connectivity index (χ1) is 10.7. The summed E-state index contributed by atoms with van der Waals surface area (Å²) in [4.78, 5) is 21.6. The molecule has 0 atom stereocenters. The Morgan fingerprint density at radius 1 is 1.23 bits per heavy atom. The van der Waals surface area contributed by atoms with Gasteiger partial charge < -0.3 is 5.73 Å². The number of fused-ring (bicyclic) bond motifs is 1. The van der Waals surface area contributed by atoms with Gasteiger partial charge >= 0.3 is 0 Å². The van der Waals surface area contributed by atoms with Crippen LogP contribution < -0.4 is 11.3 Å². The Morgan fingerprint density at radius 2 is 2.09 bits per heavy atom. The minimum atomic E-state index is -0.0664. The maximum atomic E-state index is 12.9. The predicted octanol–water partition coefficient (Wildman–Crippen LogP) is 2.68. The number of hydrogen-bond acceptors (Lipinski definition) is 4. The van der Waals surface area contributed by atoms with Crippen LogP contribution in [0.25, 0.3) is 16.8 Å². The van der Waals surface area contributed by atoms with Gasteiger partial charge in [0.1, 0.15) is 11.5 Å². The molecule has 3 aromatic rings. The van der Waals surface area contributed by atoms with Crippen molar-refractivity contribution in [3.63, 3.8) is 0 Å². The van der Waals surface area contributed by atoms with E-state index in [0.29, 0.717) is 17.0 Å². The Hall–Kier alpha value is -2.69. The fraction of sp³-hybridized carbons (Fsp3) is 0.235. The number of pyridine rings is 2. The van der Waals surface area contributed by atoms with Crippen molar-refractivity contribution in [2.75, 3.05) is 5.73 Å². The Kier molecular flexibility index (Phi) is 3.87. The highest BCUT2D eigenvalue weighted by Crippen LogP contribution is 2.21. The molecule has 0 amide bonds. The van der Waals surface area contributed by atoms with Gasteiger partial charge in [-0.1, -0.05) is 19.4 Å². The first kappa shape index (κ1) is 14.3. The molecule has 0 radical (unpaired) electrons. The van der Waals surface area contributed by atoms with Crippen LogP contribution >= 0.6 is 0 Å². The van der Waals surface area contributed by atoms with Crippen LogP contribution in [0.5, 0.6) is 0 Å². The third kappa shape index (κ3) is 2.57. The molecule has 0 aliphatic rings. The van der Waals surface area contributed by atoms with Gasteiger partial charge in [0.05, 0.1) is 11.3 Å². The number of nitrogens with two attached hydrogens (primary N) is 1. The maximum Gasteiger partial charge on any atom is 0.266 e. The Labute approximate surface area is 128 Å². The minimum absolute atomic E-state index is 0.0664. The lowest BCUT2D eigenvalue weighted by molar-refractivity contribution is 0.774. The minimum Gasteiger partial charge on any atom is -0.384 e. The summed E-state index contributed by atoms with van der Waals surface area (Å²) >= 11 is 0. The van der Waals surface area contributed by atoms with Crippen LogP contribution in [-0.2, 0) is 6.42 Å². The van der Waals surface area contributed by atoms with Gasteiger partial charge in [-0.15, -0.1) is 0 Å². The van der Waals surface area contributed by atoms with Crippen molar-refractivity contribution in [3.8, 4) is 11.1 Å². The van der Waals surface area contributed by atoms with Crippen molar-refractivity contribution in [1.82, 2.24) is 14.4 Å². The van der Waals surface area contributed by atoms with Crippen molar-refractivity contribution >= 4 is 11.5 Å². The monoisotopic (exact) mass is 294 g/mol. The van der Waals surface area contributed by atoms with Gasteiger partial charge in [0, 0.05) is 18.0 Å². The molecule has 0 aromatic carbocycles. The zero-order valence-corrected chi connectivity index (χ0v) is 12.5. The quantitative estimate of drug-likeness (QED) is 0.803. The first-order valence-electron chi connectivity index (χ1n) is 7.43. The third-order valence-corrected chi connectivity index (χ3v) is 3.65. The Balaban J connectivity index is 2.27. The lowest BCUT2D eigenvalue weighted by atomic mass is 10.0. The number of nitrogens with zero attached hydrogens (tertiary/aromatic N) is 3. The van der Waals surface area contributed by atoms with E-state index in [-0.39, 0.29) is 5.56 Å². The molecule has 3 rings (SSSR count). The highest BCUT2D eigenvalue weighted by molar-refractivity contribution is 5.66. The molecule has 112 valence electrons. The molecule has 22 heavy (non-hydrogen) atoms. The molecular formula is C17H18N4O. The van der Waals surface area contributed by atoms with Crippen LogP contribution in [-0.4, -0.2) is 14.4 Å². The number of anilines is 1. The van der Waals surface area contributed by atoms with Crippen LogP contribution in [0.15, 0.2) is 47.5 Å². The van der Waals surface area contributed by atoms with E-state index in [2.05, 4.69) is 16.9 Å². The van der Waals surface area contributed by atoms with Gasteiger partial charge in [-0.05, 0) is 37.1 Å². The Morgan fingerprint density at radius 3 is 2.82 bits per heavy atom. The topological polar surface area (TPSA) is 73.3 Å². The lowest BCUT2D eigenvalue weighted by Crippen LogP contribution is -2.20. The predicted molar refractivity (Wildman–Crippen MR) is 87.7 cm³/mol. The normalized spacial score (nSPS) is 11.0. The summed E-state index contributed by atoms with van der Waals surface area (Å²) in [7, 11) is 0. The molecule has 2 N–H and O–H groups in total. The molecule has 0 spiro atoms. The second-order valence-corrected chi connectivity index (χ2v) is 5.24. The number of aryl methyl sites for hydroxylation is 1. The van der Waals surface area contributed by atoms with E-state index >= 15 is 0 Å². The van der Waals surface area contributed by atoms with Crippen LogP contribution in [0.4, 0.5) is 5.82 Å². The van der Waals surface area contributed by atoms with Gasteiger partial charge in [0.25, 0.3) is 5.56 Å². The summed E-state index contributed by atoms with van der Waals surface area (Å²) in [5.74, 6) is 0.438. The summed E-state index contributed by atoms with van der Waals surface area (Å²) in [5.41, 5.74) is 8.45. The molecule has 5 heteroatoms. The number of rotatable bonds is 4. The smallest absolute Gasteiger partial charge is 0.266 e. The molecule has 5 nitrogen and oxygen atoms in total. The van der Waals surface area contributed by atoms with Crippen molar-refractivity contribution in [3.05, 3.63) is 58.8 Å². The van der Waals surface area contributed by atoms with Crippen LogP contribution in [0.1, 0.15) is 25.5 Å². The zero-order valence-electron chi connectivity index (χ0n) is 12.5. The van der Waals surface area contributed by atoms with Crippen molar-refractivity contribution in [2.45, 2.75) is 26.2 Å². The SMILES string of the molecule is CCCCc1nc2ccccn2c(=O)c1-c1ccc(N)nc1. The van der Waals surface area contributed by atoms with Crippen LogP contribution in [0.3, 0.4) is 0 Å². The van der Waals surface area contributed by atoms with Crippen LogP contribution in [0.2, 0.25) is 0 Å². The van der Waals surface area contributed by atoms with Gasteiger partial charge in [-0.3, -0.25) is 9.20 Å². The zero-order chi connectivity index (χ0) is 15.5. The largest absolute Gasteiger partial charge is 0.384 e. The third-order valence-electron chi connectivity index (χ3n) is 3.65. The van der Waals surface area contributed by atoms with Gasteiger partial charge in [0.2, 0.25) is 0 Å². The molecule has 0 aliphatic heterocycles. The van der Waals surface area contributed by atoms with E-state index in [1.165, 1.54) is 0 Å². The molecule has 0 saturated carbocycles. The maximum absolute atomic E-state index is 12.9. The molecule has 3 heterocycles. The molecule has 0 fully saturated rings. The summed E-state index contributed by atoms with van der Waals surface area (Å²) in [5, 5.41) is 0. The summed E-state index contributed by atoms with van der Waals surface area (Å²) in [6, 6.07) is 9.09. The Bertz CT molecular complexity index is 853. The number of aromatic nitrogens is 3. The van der Waals surface area contributed by atoms with E-state index in [4.69, 9.17) is 5.73 Å². The van der Waals surface area contributed by atoms with Crippen molar-refractivity contribution in [2.24, 2.45) is 0 Å². The van der Waals surface area contributed by atoms with Crippen molar-refractivity contribution in [1.29, 1.82) is 0 Å². The number of nitrogen functional groups attached to an aromatic ring is 1. The number of unbranched alkanes of at least 4 members (excludes halogenated alkanes) is 1. The molecule has 0 bridgehead atoms. The van der Waals surface area contributed by atoms with E-state index in [1.807, 2.05) is 24.3 Å². The van der Waals surface area contributed by atoms with Gasteiger partial charge in [0.15, 0.2) is 0 Å². The molecule has 0 unspecified atom stereocenters. The second kappa shape index (κ2) is 5.97. The molecule has 0 saturated heterocycles. The lowest BCUT2D eigenvalue weighted by Gasteiger charge is -2.10. The standard InChI is InChI=1S/C17H18N4O/c1-2-3-6-13-16(12-8-9-14(18)19-11-12)17(22)21-10-5-4-7-15(21)20-13/h4-5,7-11H,2-3,6H2,1H3,(H2,18,19). The summed E-state index contributed by atoms with van der Waals surface area (Å²) < 4.78 is 1.57. The van der Waals surface area contributed by atoms with E-state index < -0.39 is 0 Å². The van der Waals surface area contributed by atoms with E-state index in [0.717, 1.165) is 30.5 Å². The summed E-state index contributed by atoms with van der Waals surface area (Å²) in [6.07, 6.45) is 6.19. The van der Waals surface area contributed by atoms with Gasteiger partial charge in [-0.2, -0.15) is 0 Å². The van der Waals surface area contributed by atoms with E-state index in [1.54, 1.807) is 22.9 Å². The molecule has 0 aliphatic carbocycles. The highest BCUT2D eigenvalue weighted by Gasteiger charge is 2.14. The van der Waals surface area contributed by atoms with Crippen molar-refractivity contribution < 1.29 is 0 Å². The molecule has 3 aromatic heterocycles. The van der Waals surface area contributed by atoms with Gasteiger partial charge in [-0.25, -0.2) is 9.97 Å². The average molecular weight is 294 g/mol. The number of hydrogen-bond donors (Lipinski definition) is 1. The highest BCUT2D eigenvalue weighted by atomic mass is 16.1. The fourth-order valence-electron chi connectivity index (χ4n) is 2.50. The first-order valence-corrected chi connectivity index (χ1v) is 7.43. The van der Waals surface area contributed by atoms with Crippen LogP contribution in [0, 0.1) is 0 Å².